The lowest BCUT2D eigenvalue weighted by atomic mass is 9.93. The number of fused-ring (bicyclic) bond motifs is 1. The minimum atomic E-state index is -3.22. The van der Waals surface area contributed by atoms with Crippen molar-refractivity contribution in [2.75, 3.05) is 20.4 Å². The van der Waals surface area contributed by atoms with E-state index in [0.29, 0.717) is 28.9 Å². The number of hydrogen-bond acceptors (Lipinski definition) is 6. The lowest BCUT2D eigenvalue weighted by Gasteiger charge is -2.33. The van der Waals surface area contributed by atoms with Gasteiger partial charge in [0.1, 0.15) is 0 Å². The molecule has 0 unspecified atom stereocenters. The molecule has 0 N–H and O–H groups in total. The van der Waals surface area contributed by atoms with Crippen molar-refractivity contribution in [1.29, 1.82) is 0 Å². The molecule has 1 aromatic heterocycles. The van der Waals surface area contributed by atoms with Gasteiger partial charge in [-0.05, 0) is 37.3 Å². The number of hydrogen-bond donors (Lipinski definition) is 0. The van der Waals surface area contributed by atoms with E-state index in [1.807, 2.05) is 30.3 Å². The van der Waals surface area contributed by atoms with Gasteiger partial charge in [0.15, 0.2) is 11.5 Å². The van der Waals surface area contributed by atoms with Crippen LogP contribution in [0.2, 0.25) is 0 Å². The second-order valence-electron chi connectivity index (χ2n) is 8.51. The van der Waals surface area contributed by atoms with Crippen LogP contribution in [0.3, 0.4) is 0 Å². The highest BCUT2D eigenvalue weighted by molar-refractivity contribution is 7.88. The predicted octanol–water partition coefficient (Wildman–Crippen LogP) is 3.03. The molecule has 0 bridgehead atoms. The average Bonchev–Trinajstić information content (AvgIpc) is 2.81. The summed E-state index contributed by atoms with van der Waals surface area (Å²) in [6, 6.07) is 13.2. The van der Waals surface area contributed by atoms with E-state index in [2.05, 4.69) is 4.98 Å². The van der Waals surface area contributed by atoms with Gasteiger partial charge in [0.05, 0.1) is 43.2 Å². The van der Waals surface area contributed by atoms with Gasteiger partial charge in [-0.3, -0.25) is 9.36 Å². The summed E-state index contributed by atoms with van der Waals surface area (Å²) in [7, 11) is -0.0327. The molecule has 8 nitrogen and oxygen atoms in total. The first-order valence-electron chi connectivity index (χ1n) is 11.0. The monoisotopic (exact) mass is 471 g/mol. The molecule has 0 amide bonds. The third-order valence-corrected chi connectivity index (χ3v) is 7.62. The predicted molar refractivity (Wildman–Crippen MR) is 127 cm³/mol. The highest BCUT2D eigenvalue weighted by Crippen LogP contribution is 2.34. The molecular formula is C24H29N3O5S. The first-order chi connectivity index (χ1) is 15.8. The summed E-state index contributed by atoms with van der Waals surface area (Å²) in [5.74, 6) is 1.02. The fourth-order valence-corrected chi connectivity index (χ4v) is 5.04. The van der Waals surface area contributed by atoms with Crippen molar-refractivity contribution in [3.05, 3.63) is 64.7 Å². The molecule has 9 heteroatoms. The number of rotatable bonds is 7. The van der Waals surface area contributed by atoms with Crippen LogP contribution in [0.25, 0.3) is 10.9 Å². The summed E-state index contributed by atoms with van der Waals surface area (Å²) in [5.41, 5.74) is 1.42. The lowest BCUT2D eigenvalue weighted by molar-refractivity contribution is 0.122. The quantitative estimate of drug-likeness (QED) is 0.526. The Balaban J connectivity index is 1.56. The van der Waals surface area contributed by atoms with Crippen LogP contribution in [0, 0.1) is 0 Å². The van der Waals surface area contributed by atoms with Crippen molar-refractivity contribution in [1.82, 2.24) is 13.9 Å². The maximum absolute atomic E-state index is 13.2. The minimum absolute atomic E-state index is 0.0206. The molecule has 2 aromatic carbocycles. The Morgan fingerprint density at radius 3 is 2.42 bits per heavy atom. The van der Waals surface area contributed by atoms with E-state index in [0.717, 1.165) is 31.2 Å². The number of ether oxygens (including phenoxy) is 2. The molecule has 0 saturated heterocycles. The van der Waals surface area contributed by atoms with Crippen LogP contribution >= 0.6 is 0 Å². The van der Waals surface area contributed by atoms with Gasteiger partial charge in [-0.15, -0.1) is 0 Å². The van der Waals surface area contributed by atoms with Crippen LogP contribution in [0.5, 0.6) is 11.5 Å². The van der Waals surface area contributed by atoms with E-state index in [9.17, 15) is 13.2 Å². The van der Waals surface area contributed by atoms with Gasteiger partial charge < -0.3 is 9.47 Å². The van der Waals surface area contributed by atoms with Gasteiger partial charge in [-0.25, -0.2) is 17.7 Å². The number of nitrogens with zero attached hydrogens (tertiary/aromatic N) is 3. The van der Waals surface area contributed by atoms with Crippen LogP contribution in [0.15, 0.2) is 53.6 Å². The van der Waals surface area contributed by atoms with Crippen molar-refractivity contribution in [3.63, 3.8) is 0 Å². The fraction of sp³-hybridized carbons (Fsp3) is 0.417. The van der Waals surface area contributed by atoms with E-state index in [-0.39, 0.29) is 17.7 Å². The second-order valence-corrected chi connectivity index (χ2v) is 10.6. The Morgan fingerprint density at radius 2 is 1.79 bits per heavy atom. The maximum Gasteiger partial charge on any atom is 0.261 e. The Labute approximate surface area is 193 Å². The molecule has 1 aliphatic carbocycles. The van der Waals surface area contributed by atoms with E-state index >= 15 is 0 Å². The van der Waals surface area contributed by atoms with Crippen LogP contribution in [-0.4, -0.2) is 54.8 Å². The number of aromatic nitrogens is 2. The summed E-state index contributed by atoms with van der Waals surface area (Å²) in [4.78, 5) is 17.6. The summed E-state index contributed by atoms with van der Waals surface area (Å²) >= 11 is 0. The Kier molecular flexibility index (Phi) is 6.71. The molecule has 1 saturated carbocycles. The topological polar surface area (TPSA) is 90.7 Å². The number of benzene rings is 2. The standard InChI is InChI=1S/C24H29N3O5S/c1-26(33(3,29)30)18-9-11-19(12-10-18)32-23-13-20-21(14-22(23)31-2)25-16-27(24(20)28)15-17-7-5-4-6-8-17/h4-8,13-14,16,18-19H,9-12,15H2,1-3H3/t18-,19-. The Hall–Kier alpha value is -2.91. The molecule has 1 aliphatic rings. The van der Waals surface area contributed by atoms with Crippen LogP contribution in [-0.2, 0) is 16.6 Å². The van der Waals surface area contributed by atoms with Crippen molar-refractivity contribution in [2.45, 2.75) is 44.4 Å². The zero-order valence-electron chi connectivity index (χ0n) is 19.1. The van der Waals surface area contributed by atoms with Gasteiger partial charge in [-0.2, -0.15) is 0 Å². The molecule has 0 atom stereocenters. The SMILES string of the molecule is COc1cc2ncn(Cc3ccccc3)c(=O)c2cc1O[C@H]1CC[C@H](N(C)S(C)(=O)=O)CC1. The highest BCUT2D eigenvalue weighted by atomic mass is 32.2. The normalized spacial score (nSPS) is 19.0. The van der Waals surface area contributed by atoms with Gasteiger partial charge >= 0.3 is 0 Å². The molecule has 0 aliphatic heterocycles. The maximum atomic E-state index is 13.2. The highest BCUT2D eigenvalue weighted by Gasteiger charge is 2.29. The summed E-state index contributed by atoms with van der Waals surface area (Å²) in [5, 5.41) is 0.467. The fourth-order valence-electron chi connectivity index (χ4n) is 4.29. The average molecular weight is 472 g/mol. The number of methoxy groups -OCH3 is 1. The largest absolute Gasteiger partial charge is 0.493 e. The summed E-state index contributed by atoms with van der Waals surface area (Å²) in [6.07, 6.45) is 5.58. The minimum Gasteiger partial charge on any atom is -0.493 e. The molecule has 0 radical (unpaired) electrons. The first-order valence-corrected chi connectivity index (χ1v) is 12.8. The molecule has 1 heterocycles. The third kappa shape index (κ3) is 5.20. The zero-order chi connectivity index (χ0) is 23.6. The van der Waals surface area contributed by atoms with E-state index in [1.54, 1.807) is 37.2 Å². The second kappa shape index (κ2) is 9.52. The molecule has 4 rings (SSSR count). The molecule has 3 aromatic rings. The van der Waals surface area contributed by atoms with Gasteiger partial charge in [-0.1, -0.05) is 30.3 Å². The lowest BCUT2D eigenvalue weighted by Crippen LogP contribution is -2.40. The van der Waals surface area contributed by atoms with E-state index in [1.165, 1.54) is 10.6 Å². The van der Waals surface area contributed by atoms with E-state index < -0.39 is 10.0 Å². The zero-order valence-corrected chi connectivity index (χ0v) is 19.9. The van der Waals surface area contributed by atoms with Crippen LogP contribution < -0.4 is 15.0 Å². The molecule has 176 valence electrons. The van der Waals surface area contributed by atoms with Crippen molar-refractivity contribution >= 4 is 20.9 Å². The van der Waals surface area contributed by atoms with E-state index in [4.69, 9.17) is 9.47 Å². The Morgan fingerprint density at radius 1 is 1.09 bits per heavy atom. The van der Waals surface area contributed by atoms with Crippen LogP contribution in [0.1, 0.15) is 31.2 Å². The first kappa shape index (κ1) is 23.3. The molecule has 0 spiro atoms. The molecule has 1 fully saturated rings. The number of sulfonamides is 1. The smallest absolute Gasteiger partial charge is 0.261 e. The summed E-state index contributed by atoms with van der Waals surface area (Å²) < 4.78 is 38.4. The van der Waals surface area contributed by atoms with Crippen molar-refractivity contribution < 1.29 is 17.9 Å². The van der Waals surface area contributed by atoms with Crippen molar-refractivity contribution in [3.8, 4) is 11.5 Å². The molecule has 33 heavy (non-hydrogen) atoms. The third-order valence-electron chi connectivity index (χ3n) is 6.28. The van der Waals surface area contributed by atoms with Crippen molar-refractivity contribution in [2.24, 2.45) is 0 Å². The van der Waals surface area contributed by atoms with Gasteiger partial charge in [0.25, 0.3) is 5.56 Å². The van der Waals surface area contributed by atoms with Gasteiger partial charge in [0, 0.05) is 19.2 Å². The van der Waals surface area contributed by atoms with Crippen LogP contribution in [0.4, 0.5) is 0 Å². The molecular weight excluding hydrogens is 442 g/mol. The van der Waals surface area contributed by atoms with Gasteiger partial charge in [0.2, 0.25) is 10.0 Å². The Bertz CT molecular complexity index is 1280. The summed E-state index contributed by atoms with van der Waals surface area (Å²) in [6.45, 7) is 0.433.